The van der Waals surface area contributed by atoms with Gasteiger partial charge in [-0.1, -0.05) is 13.0 Å². The molecule has 0 spiro atoms. The molecule has 0 unspecified atom stereocenters. The maximum atomic E-state index is 12.7. The second-order valence-corrected chi connectivity index (χ2v) is 7.05. The third-order valence-corrected chi connectivity index (χ3v) is 5.74. The Labute approximate surface area is 136 Å². The second kappa shape index (κ2) is 7.36. The van der Waals surface area contributed by atoms with Crippen molar-refractivity contribution in [3.8, 4) is 0 Å². The molecule has 0 atom stereocenters. The highest BCUT2D eigenvalue weighted by Gasteiger charge is 2.30. The van der Waals surface area contributed by atoms with Gasteiger partial charge in [-0.15, -0.1) is 12.4 Å². The van der Waals surface area contributed by atoms with Crippen molar-refractivity contribution in [2.75, 3.05) is 13.1 Å². The van der Waals surface area contributed by atoms with Crippen LogP contribution in [0.4, 0.5) is 5.69 Å². The first-order valence-electron chi connectivity index (χ1n) is 6.89. The lowest BCUT2D eigenvalue weighted by molar-refractivity contribution is -0.385. The van der Waals surface area contributed by atoms with Crippen LogP contribution in [0, 0.1) is 10.1 Å². The number of benzene rings is 1. The second-order valence-electron chi connectivity index (χ2n) is 5.14. The van der Waals surface area contributed by atoms with Crippen molar-refractivity contribution < 1.29 is 13.3 Å². The molecule has 9 heteroatoms. The van der Waals surface area contributed by atoms with E-state index in [1.165, 1.54) is 16.4 Å². The first kappa shape index (κ1) is 18.8. The van der Waals surface area contributed by atoms with Gasteiger partial charge in [0.1, 0.15) is 0 Å². The Kier molecular flexibility index (Phi) is 6.30. The van der Waals surface area contributed by atoms with E-state index < -0.39 is 14.9 Å². The first-order valence-corrected chi connectivity index (χ1v) is 8.33. The number of nitro benzene ring substituents is 1. The number of nitrogens with two attached hydrogens (primary N) is 1. The monoisotopic (exact) mass is 349 g/mol. The van der Waals surface area contributed by atoms with E-state index in [9.17, 15) is 18.5 Å². The number of hydrogen-bond donors (Lipinski definition) is 1. The fourth-order valence-electron chi connectivity index (χ4n) is 2.44. The van der Waals surface area contributed by atoms with Crippen LogP contribution in [-0.4, -0.2) is 36.8 Å². The lowest BCUT2D eigenvalue weighted by Gasteiger charge is -2.29. The van der Waals surface area contributed by atoms with Gasteiger partial charge in [0.05, 0.1) is 9.82 Å². The van der Waals surface area contributed by atoms with Crippen molar-refractivity contribution in [1.29, 1.82) is 0 Å². The third-order valence-electron chi connectivity index (χ3n) is 3.76. The predicted molar refractivity (Wildman–Crippen MR) is 85.7 cm³/mol. The largest absolute Gasteiger partial charge is 0.328 e. The number of non-ortho nitro benzene ring substituents is 1. The fourth-order valence-corrected chi connectivity index (χ4v) is 4.23. The minimum atomic E-state index is -3.71. The normalized spacial score (nSPS) is 17.0. The van der Waals surface area contributed by atoms with Crippen molar-refractivity contribution in [2.45, 2.75) is 37.1 Å². The zero-order valence-electron chi connectivity index (χ0n) is 12.3. The molecule has 1 fully saturated rings. The molecule has 7 nitrogen and oxygen atoms in total. The van der Waals surface area contributed by atoms with E-state index in [-0.39, 0.29) is 29.0 Å². The summed E-state index contributed by atoms with van der Waals surface area (Å²) >= 11 is 0. The van der Waals surface area contributed by atoms with E-state index >= 15 is 0 Å². The van der Waals surface area contributed by atoms with Crippen LogP contribution in [0.2, 0.25) is 0 Å². The van der Waals surface area contributed by atoms with Gasteiger partial charge in [0.2, 0.25) is 10.0 Å². The minimum Gasteiger partial charge on any atom is -0.328 e. The van der Waals surface area contributed by atoms with Gasteiger partial charge in [0, 0.05) is 31.3 Å². The summed E-state index contributed by atoms with van der Waals surface area (Å²) in [6.45, 7) is 2.54. The van der Waals surface area contributed by atoms with Gasteiger partial charge in [0.25, 0.3) is 5.69 Å². The lowest BCUT2D eigenvalue weighted by atomic mass is 10.1. The van der Waals surface area contributed by atoms with Gasteiger partial charge in [0.15, 0.2) is 0 Å². The molecule has 0 bridgehead atoms. The number of hydrogen-bond acceptors (Lipinski definition) is 5. The summed E-state index contributed by atoms with van der Waals surface area (Å²) in [6.07, 6.45) is 1.71. The summed E-state index contributed by atoms with van der Waals surface area (Å²) in [4.78, 5) is 10.3. The van der Waals surface area contributed by atoms with Gasteiger partial charge >= 0.3 is 0 Å². The number of nitrogens with zero attached hydrogens (tertiary/aromatic N) is 2. The first-order chi connectivity index (χ1) is 9.86. The Morgan fingerprint density at radius 3 is 2.45 bits per heavy atom. The van der Waals surface area contributed by atoms with Gasteiger partial charge in [-0.25, -0.2) is 8.42 Å². The lowest BCUT2D eigenvalue weighted by Crippen LogP contribution is -2.43. The van der Waals surface area contributed by atoms with Gasteiger partial charge in [-0.2, -0.15) is 4.31 Å². The Bertz CT molecular complexity index is 643. The van der Waals surface area contributed by atoms with Crippen LogP contribution < -0.4 is 5.73 Å². The van der Waals surface area contributed by atoms with Crippen molar-refractivity contribution in [3.05, 3.63) is 33.9 Å². The topological polar surface area (TPSA) is 107 Å². The van der Waals surface area contributed by atoms with Crippen molar-refractivity contribution in [1.82, 2.24) is 4.31 Å². The van der Waals surface area contributed by atoms with E-state index in [0.717, 1.165) is 6.07 Å². The summed E-state index contributed by atoms with van der Waals surface area (Å²) in [6, 6.07) is 4.03. The fraction of sp³-hybridized carbons (Fsp3) is 0.538. The van der Waals surface area contributed by atoms with E-state index in [4.69, 9.17) is 5.73 Å². The Morgan fingerprint density at radius 1 is 1.36 bits per heavy atom. The molecule has 0 aromatic heterocycles. The van der Waals surface area contributed by atoms with Crippen molar-refractivity contribution in [2.24, 2.45) is 5.73 Å². The molecule has 1 aliphatic rings. The molecule has 0 aliphatic carbocycles. The number of nitro groups is 1. The standard InChI is InChI=1S/C13H19N3O4S.ClH/c1-2-10-3-4-12(16(17)18)9-13(10)21(19,20)15-7-5-11(14)6-8-15;/h3-4,9,11H,2,5-8,14H2,1H3;1H. The molecule has 1 aliphatic heterocycles. The predicted octanol–water partition coefficient (Wildman–Crippen LogP) is 1.69. The molecule has 2 rings (SSSR count). The van der Waals surface area contributed by atoms with E-state index in [1.807, 2.05) is 6.92 Å². The summed E-state index contributed by atoms with van der Waals surface area (Å²) in [5.74, 6) is 0. The summed E-state index contributed by atoms with van der Waals surface area (Å²) < 4.78 is 26.8. The molecule has 1 aromatic rings. The average Bonchev–Trinajstić information content (AvgIpc) is 2.46. The average molecular weight is 350 g/mol. The zero-order valence-corrected chi connectivity index (χ0v) is 13.9. The molecule has 1 aromatic carbocycles. The molecule has 124 valence electrons. The molecule has 0 amide bonds. The highest BCUT2D eigenvalue weighted by molar-refractivity contribution is 7.89. The third kappa shape index (κ3) is 3.75. The number of piperidine rings is 1. The SMILES string of the molecule is CCc1ccc([N+](=O)[O-])cc1S(=O)(=O)N1CCC(N)CC1.Cl. The van der Waals surface area contributed by atoms with Crippen LogP contribution >= 0.6 is 12.4 Å². The maximum absolute atomic E-state index is 12.7. The van der Waals surface area contributed by atoms with Crippen LogP contribution in [0.25, 0.3) is 0 Å². The molecule has 1 saturated heterocycles. The Morgan fingerprint density at radius 2 is 1.95 bits per heavy atom. The van der Waals surface area contributed by atoms with Crippen molar-refractivity contribution >= 4 is 28.1 Å². The Hall–Kier alpha value is -1.22. The molecule has 2 N–H and O–H groups in total. The zero-order chi connectivity index (χ0) is 15.6. The van der Waals surface area contributed by atoms with Gasteiger partial charge < -0.3 is 5.73 Å². The molecule has 22 heavy (non-hydrogen) atoms. The van der Waals surface area contributed by atoms with Gasteiger partial charge in [-0.3, -0.25) is 10.1 Å². The van der Waals surface area contributed by atoms with Crippen LogP contribution in [0.3, 0.4) is 0 Å². The molecular weight excluding hydrogens is 330 g/mol. The van der Waals surface area contributed by atoms with Crippen LogP contribution in [-0.2, 0) is 16.4 Å². The number of rotatable bonds is 4. The van der Waals surface area contributed by atoms with Crippen LogP contribution in [0.5, 0.6) is 0 Å². The number of aryl methyl sites for hydroxylation is 1. The quantitative estimate of drug-likeness (QED) is 0.657. The highest BCUT2D eigenvalue weighted by atomic mass is 35.5. The van der Waals surface area contributed by atoms with Crippen LogP contribution in [0.1, 0.15) is 25.3 Å². The van der Waals surface area contributed by atoms with Crippen molar-refractivity contribution in [3.63, 3.8) is 0 Å². The van der Waals surface area contributed by atoms with E-state index in [2.05, 4.69) is 0 Å². The van der Waals surface area contributed by atoms with E-state index in [0.29, 0.717) is 37.9 Å². The van der Waals surface area contributed by atoms with Gasteiger partial charge in [-0.05, 0) is 24.8 Å². The smallest absolute Gasteiger partial charge is 0.270 e. The minimum absolute atomic E-state index is 0. The summed E-state index contributed by atoms with van der Waals surface area (Å²) in [5, 5.41) is 10.9. The van der Waals surface area contributed by atoms with E-state index in [1.54, 1.807) is 0 Å². The number of halogens is 1. The molecule has 1 heterocycles. The highest BCUT2D eigenvalue weighted by Crippen LogP contribution is 2.27. The summed E-state index contributed by atoms with van der Waals surface area (Å²) in [7, 11) is -3.71. The number of sulfonamides is 1. The molecule has 0 radical (unpaired) electrons. The summed E-state index contributed by atoms with van der Waals surface area (Å²) in [5.41, 5.74) is 6.17. The maximum Gasteiger partial charge on any atom is 0.270 e. The van der Waals surface area contributed by atoms with Crippen LogP contribution in [0.15, 0.2) is 23.1 Å². The molecular formula is C13H20ClN3O4S. The Balaban J connectivity index is 0.00000242. The molecule has 0 saturated carbocycles.